The molecule has 98 valence electrons. The lowest BCUT2D eigenvalue weighted by Gasteiger charge is -1.99. The van der Waals surface area contributed by atoms with E-state index in [9.17, 15) is 8.42 Å². The molecule has 5 nitrogen and oxygen atoms in total. The van der Waals surface area contributed by atoms with E-state index in [-0.39, 0.29) is 6.61 Å². The minimum atomic E-state index is -3.42. The second-order valence-electron chi connectivity index (χ2n) is 4.12. The zero-order valence-corrected chi connectivity index (χ0v) is 10.8. The van der Waals surface area contributed by atoms with Gasteiger partial charge in [-0.3, -0.25) is 9.71 Å². The Balaban J connectivity index is 2.10. The number of fused-ring (bicyclic) bond motifs is 1. The minimum absolute atomic E-state index is 0.187. The van der Waals surface area contributed by atoms with Gasteiger partial charge in [-0.15, -0.1) is 0 Å². The van der Waals surface area contributed by atoms with Gasteiger partial charge < -0.3 is 5.11 Å². The Morgan fingerprint density at radius 3 is 2.72 bits per heavy atom. The van der Waals surface area contributed by atoms with Gasteiger partial charge in [0.05, 0.1) is 4.90 Å². The summed E-state index contributed by atoms with van der Waals surface area (Å²) in [6, 6.07) is 6.82. The highest BCUT2D eigenvalue weighted by atomic mass is 32.2. The highest BCUT2D eigenvalue weighted by Crippen LogP contribution is 2.22. The number of unbranched alkanes of at least 4 members (excludes halogenated alkanes) is 2. The van der Waals surface area contributed by atoms with E-state index >= 15 is 0 Å². The normalized spacial score (nSPS) is 18.6. The van der Waals surface area contributed by atoms with Crippen LogP contribution in [0, 0.1) is 0 Å². The van der Waals surface area contributed by atoms with Crippen molar-refractivity contribution in [1.82, 2.24) is 4.72 Å². The quantitative estimate of drug-likeness (QED) is 0.778. The maximum absolute atomic E-state index is 11.8. The summed E-state index contributed by atoms with van der Waals surface area (Å²) < 4.78 is 26.0. The first-order valence-corrected chi connectivity index (χ1v) is 7.41. The standard InChI is InChI=1S/C12H16N2O3S/c15-9-5-1-4-8-13-12-10-6-2-3-7-11(10)18(16,17)14-12/h2-3,6-7,15H,1,4-5,8-9H2,(H,13,14). The molecule has 0 saturated carbocycles. The van der Waals surface area contributed by atoms with Crippen molar-refractivity contribution in [3.05, 3.63) is 29.8 Å². The number of rotatable bonds is 5. The number of amidine groups is 1. The Morgan fingerprint density at radius 2 is 1.94 bits per heavy atom. The predicted molar refractivity (Wildman–Crippen MR) is 69.1 cm³/mol. The average molecular weight is 268 g/mol. The highest BCUT2D eigenvalue weighted by molar-refractivity contribution is 7.90. The summed E-state index contributed by atoms with van der Waals surface area (Å²) in [5, 5.41) is 8.65. The lowest BCUT2D eigenvalue weighted by Crippen LogP contribution is -2.22. The second kappa shape index (κ2) is 5.49. The van der Waals surface area contributed by atoms with E-state index in [1.807, 2.05) is 0 Å². The molecule has 6 heteroatoms. The van der Waals surface area contributed by atoms with Crippen molar-refractivity contribution in [2.45, 2.75) is 24.2 Å². The van der Waals surface area contributed by atoms with E-state index in [1.54, 1.807) is 24.3 Å². The van der Waals surface area contributed by atoms with Gasteiger partial charge in [-0.05, 0) is 31.4 Å². The molecule has 1 aromatic carbocycles. The van der Waals surface area contributed by atoms with Crippen LogP contribution in [-0.4, -0.2) is 32.5 Å². The van der Waals surface area contributed by atoms with Gasteiger partial charge >= 0.3 is 0 Å². The lowest BCUT2D eigenvalue weighted by atomic mass is 10.2. The fraction of sp³-hybridized carbons (Fsp3) is 0.417. The summed E-state index contributed by atoms with van der Waals surface area (Å²) in [5.74, 6) is 0.426. The summed E-state index contributed by atoms with van der Waals surface area (Å²) >= 11 is 0. The minimum Gasteiger partial charge on any atom is -0.396 e. The van der Waals surface area contributed by atoms with Crippen LogP contribution >= 0.6 is 0 Å². The van der Waals surface area contributed by atoms with Gasteiger partial charge in [-0.25, -0.2) is 8.42 Å². The molecule has 0 fully saturated rings. The molecule has 1 aliphatic heterocycles. The first kappa shape index (κ1) is 13.0. The first-order valence-electron chi connectivity index (χ1n) is 5.92. The third kappa shape index (κ3) is 2.70. The zero-order chi connectivity index (χ0) is 13.0. The lowest BCUT2D eigenvalue weighted by molar-refractivity contribution is 0.283. The second-order valence-corrected chi connectivity index (χ2v) is 5.77. The smallest absolute Gasteiger partial charge is 0.263 e. The van der Waals surface area contributed by atoms with Crippen molar-refractivity contribution < 1.29 is 13.5 Å². The molecular weight excluding hydrogens is 252 g/mol. The van der Waals surface area contributed by atoms with Crippen molar-refractivity contribution in [2.24, 2.45) is 4.99 Å². The molecule has 0 amide bonds. The Bertz CT molecular complexity index is 552. The number of hydrogen-bond donors (Lipinski definition) is 2. The van der Waals surface area contributed by atoms with Gasteiger partial charge in [-0.2, -0.15) is 0 Å². The van der Waals surface area contributed by atoms with Crippen LogP contribution in [0.2, 0.25) is 0 Å². The molecule has 0 radical (unpaired) electrons. The molecule has 0 unspecified atom stereocenters. The van der Waals surface area contributed by atoms with E-state index < -0.39 is 10.0 Å². The van der Waals surface area contributed by atoms with E-state index in [2.05, 4.69) is 9.71 Å². The average Bonchev–Trinajstić information content (AvgIpc) is 2.62. The summed E-state index contributed by atoms with van der Waals surface area (Å²) in [5.41, 5.74) is 0.639. The van der Waals surface area contributed by atoms with Gasteiger partial charge in [0.15, 0.2) is 0 Å². The number of aliphatic imine (C=N–C) groups is 1. The largest absolute Gasteiger partial charge is 0.396 e. The summed E-state index contributed by atoms with van der Waals surface area (Å²) in [6.45, 7) is 0.748. The van der Waals surface area contributed by atoms with Gasteiger partial charge in [0.2, 0.25) is 0 Å². The van der Waals surface area contributed by atoms with Crippen LogP contribution < -0.4 is 4.72 Å². The number of benzene rings is 1. The SMILES string of the molecule is O=S1(=O)NC(=NCCCCCO)c2ccccc21. The van der Waals surface area contributed by atoms with Crippen LogP contribution in [0.1, 0.15) is 24.8 Å². The van der Waals surface area contributed by atoms with E-state index in [1.165, 1.54) is 0 Å². The van der Waals surface area contributed by atoms with E-state index in [4.69, 9.17) is 5.11 Å². The van der Waals surface area contributed by atoms with Crippen molar-refractivity contribution in [1.29, 1.82) is 0 Å². The number of nitrogens with one attached hydrogen (secondary N) is 1. The molecule has 0 aliphatic carbocycles. The fourth-order valence-electron chi connectivity index (χ4n) is 1.84. The first-order chi connectivity index (χ1) is 8.65. The van der Waals surface area contributed by atoms with Gasteiger partial charge in [-0.1, -0.05) is 12.1 Å². The molecule has 0 spiro atoms. The maximum Gasteiger partial charge on any atom is 0.263 e. The summed E-state index contributed by atoms with van der Waals surface area (Å²) in [7, 11) is -3.42. The van der Waals surface area contributed by atoms with Crippen molar-refractivity contribution in [2.75, 3.05) is 13.2 Å². The van der Waals surface area contributed by atoms with E-state index in [0.717, 1.165) is 19.3 Å². The van der Waals surface area contributed by atoms with Crippen LogP contribution in [0.25, 0.3) is 0 Å². The van der Waals surface area contributed by atoms with Gasteiger partial charge in [0.25, 0.3) is 10.0 Å². The molecule has 2 N–H and O–H groups in total. The van der Waals surface area contributed by atoms with Crippen LogP contribution in [-0.2, 0) is 10.0 Å². The molecular formula is C12H16N2O3S. The van der Waals surface area contributed by atoms with Crippen LogP contribution in [0.3, 0.4) is 0 Å². The molecule has 0 aromatic heterocycles. The van der Waals surface area contributed by atoms with Crippen LogP contribution in [0.15, 0.2) is 34.2 Å². The topological polar surface area (TPSA) is 78.8 Å². The molecule has 0 saturated heterocycles. The van der Waals surface area contributed by atoms with Gasteiger partial charge in [0, 0.05) is 18.7 Å². The Kier molecular flexibility index (Phi) is 3.98. The molecule has 0 bridgehead atoms. The van der Waals surface area contributed by atoms with Crippen molar-refractivity contribution in [3.63, 3.8) is 0 Å². The third-order valence-corrected chi connectivity index (χ3v) is 4.15. The molecule has 1 aromatic rings. The zero-order valence-electron chi connectivity index (χ0n) is 9.96. The molecule has 1 aliphatic rings. The van der Waals surface area contributed by atoms with Crippen molar-refractivity contribution in [3.8, 4) is 0 Å². The molecule has 0 atom stereocenters. The van der Waals surface area contributed by atoms with Crippen LogP contribution in [0.5, 0.6) is 0 Å². The number of aliphatic hydroxyl groups is 1. The number of sulfonamides is 1. The van der Waals surface area contributed by atoms with Crippen molar-refractivity contribution >= 4 is 15.9 Å². The molecule has 1 heterocycles. The summed E-state index contributed by atoms with van der Waals surface area (Å²) in [4.78, 5) is 4.57. The van der Waals surface area contributed by atoms with Gasteiger partial charge in [0.1, 0.15) is 5.84 Å². The Morgan fingerprint density at radius 1 is 1.17 bits per heavy atom. The molecule has 18 heavy (non-hydrogen) atoms. The van der Waals surface area contributed by atoms with E-state index in [0.29, 0.717) is 22.8 Å². The third-order valence-electron chi connectivity index (χ3n) is 2.75. The maximum atomic E-state index is 11.8. The Labute approximate surface area is 107 Å². The number of nitrogens with zero attached hydrogens (tertiary/aromatic N) is 1. The fourth-order valence-corrected chi connectivity index (χ4v) is 3.09. The highest BCUT2D eigenvalue weighted by Gasteiger charge is 2.29. The van der Waals surface area contributed by atoms with Crippen LogP contribution in [0.4, 0.5) is 0 Å². The Hall–Kier alpha value is -1.40. The number of hydrogen-bond acceptors (Lipinski definition) is 4. The molecule has 2 rings (SSSR count). The summed E-state index contributed by atoms with van der Waals surface area (Å²) in [6.07, 6.45) is 2.49. The monoisotopic (exact) mass is 268 g/mol. The number of aliphatic hydroxyl groups excluding tert-OH is 1. The predicted octanol–water partition coefficient (Wildman–Crippen LogP) is 0.888.